The highest BCUT2D eigenvalue weighted by atomic mass is 35.5. The first-order valence-electron chi connectivity index (χ1n) is 3.09. The molecule has 0 aliphatic heterocycles. The van der Waals surface area contributed by atoms with Crippen LogP contribution < -0.4 is 5.46 Å². The molecule has 12 heavy (non-hydrogen) atoms. The third kappa shape index (κ3) is 2.07. The van der Waals surface area contributed by atoms with Crippen molar-refractivity contribution in [2.75, 3.05) is 0 Å². The van der Waals surface area contributed by atoms with Gasteiger partial charge in [0.05, 0.1) is 0 Å². The topological polar surface area (TPSA) is 20.2 Å². The van der Waals surface area contributed by atoms with Crippen LogP contribution in [0.3, 0.4) is 0 Å². The van der Waals surface area contributed by atoms with Crippen LogP contribution in [-0.4, -0.2) is 12.1 Å². The van der Waals surface area contributed by atoms with Crippen LogP contribution in [0.1, 0.15) is 0 Å². The number of phenolic OH excluding ortho intramolecular Hbond substituents is 1. The molecule has 1 N–H and O–H groups in total. The number of benzene rings is 1. The Bertz CT molecular complexity index is 279. The second kappa shape index (κ2) is 2.90. The Morgan fingerprint density at radius 1 is 1.17 bits per heavy atom. The van der Waals surface area contributed by atoms with E-state index in [-0.39, 0.29) is 5.02 Å². The van der Waals surface area contributed by atoms with Gasteiger partial charge in [0.2, 0.25) is 0 Å². The van der Waals surface area contributed by atoms with Crippen molar-refractivity contribution in [3.05, 3.63) is 23.2 Å². The number of hydrogen-bond acceptors (Lipinski definition) is 1. The van der Waals surface area contributed by atoms with E-state index in [2.05, 4.69) is 0 Å². The molecule has 0 aromatic heterocycles. The number of hydrogen-bond donors (Lipinski definition) is 1. The van der Waals surface area contributed by atoms with Crippen molar-refractivity contribution >= 4 is 24.0 Å². The third-order valence-corrected chi connectivity index (χ3v) is 1.50. The van der Waals surface area contributed by atoms with Gasteiger partial charge in [-0.05, 0) is 12.1 Å². The largest absolute Gasteiger partial charge is 0.509 e. The molecule has 0 atom stereocenters. The molecule has 1 aromatic rings. The fourth-order valence-electron chi connectivity index (χ4n) is 0.785. The van der Waals surface area contributed by atoms with E-state index in [1.54, 1.807) is 0 Å². The van der Waals surface area contributed by atoms with E-state index in [1.165, 1.54) is 0 Å². The highest BCUT2D eigenvalue weighted by Crippen LogP contribution is 2.18. The maximum absolute atomic E-state index is 12.0. The van der Waals surface area contributed by atoms with Crippen molar-refractivity contribution in [3.63, 3.8) is 0 Å². The second-order valence-corrected chi connectivity index (χ2v) is 2.75. The van der Waals surface area contributed by atoms with Crippen molar-refractivity contribution in [3.8, 4) is 5.75 Å². The molecule has 1 aromatic carbocycles. The summed E-state index contributed by atoms with van der Waals surface area (Å²) in [5.41, 5.74) is -0.889. The smallest absolute Gasteiger partial charge is 0.508 e. The van der Waals surface area contributed by atoms with Gasteiger partial charge < -0.3 is 18.1 Å². The summed E-state index contributed by atoms with van der Waals surface area (Å²) in [4.78, 5) is 0. The van der Waals surface area contributed by atoms with E-state index < -0.39 is 18.2 Å². The second-order valence-electron chi connectivity index (χ2n) is 2.32. The molecular formula is C6H4BClF3O-. The van der Waals surface area contributed by atoms with E-state index in [1.807, 2.05) is 0 Å². The predicted molar refractivity (Wildman–Crippen MR) is 41.8 cm³/mol. The van der Waals surface area contributed by atoms with Gasteiger partial charge in [0.25, 0.3) is 0 Å². The average Bonchev–Trinajstić information content (AvgIpc) is 1.82. The van der Waals surface area contributed by atoms with E-state index in [0.29, 0.717) is 6.07 Å². The van der Waals surface area contributed by atoms with Crippen LogP contribution in [0, 0.1) is 0 Å². The molecule has 0 amide bonds. The van der Waals surface area contributed by atoms with Crippen molar-refractivity contribution < 1.29 is 18.1 Å². The Morgan fingerprint density at radius 3 is 2.17 bits per heavy atom. The predicted octanol–water partition coefficient (Wildman–Crippen LogP) is 2.10. The van der Waals surface area contributed by atoms with Gasteiger partial charge in [-0.1, -0.05) is 17.7 Å². The fraction of sp³-hybridized carbons (Fsp3) is 0. The van der Waals surface area contributed by atoms with Gasteiger partial charge in [-0.25, -0.2) is 0 Å². The molecule has 1 rings (SSSR count). The molecule has 6 heteroatoms. The van der Waals surface area contributed by atoms with Crippen LogP contribution in [0.15, 0.2) is 18.2 Å². The maximum Gasteiger partial charge on any atom is 0.509 e. The van der Waals surface area contributed by atoms with Gasteiger partial charge in [-0.2, -0.15) is 0 Å². The summed E-state index contributed by atoms with van der Waals surface area (Å²) in [6.07, 6.45) is 0. The Labute approximate surface area is 71.8 Å². The summed E-state index contributed by atoms with van der Waals surface area (Å²) in [7, 11) is 0. The Hall–Kier alpha value is -0.835. The van der Waals surface area contributed by atoms with Crippen LogP contribution in [0.25, 0.3) is 0 Å². The normalized spacial score (nSPS) is 11.7. The van der Waals surface area contributed by atoms with Crippen LogP contribution in [-0.2, 0) is 0 Å². The Balaban J connectivity index is 3.18. The van der Waals surface area contributed by atoms with Gasteiger partial charge in [0.15, 0.2) is 0 Å². The molecular weight excluding hydrogens is 191 g/mol. The molecule has 0 saturated heterocycles. The van der Waals surface area contributed by atoms with Crippen LogP contribution in [0.4, 0.5) is 12.9 Å². The molecule has 66 valence electrons. The molecule has 0 aliphatic carbocycles. The van der Waals surface area contributed by atoms with Gasteiger partial charge in [-0.3, -0.25) is 0 Å². The number of rotatable bonds is 1. The summed E-state index contributed by atoms with van der Waals surface area (Å²) in [5, 5.41) is 8.66. The summed E-state index contributed by atoms with van der Waals surface area (Å²) in [6.45, 7) is -5.09. The zero-order valence-corrected chi connectivity index (χ0v) is 6.52. The Kier molecular flexibility index (Phi) is 2.23. The highest BCUT2D eigenvalue weighted by Gasteiger charge is 2.26. The fourth-order valence-corrected chi connectivity index (χ4v) is 1.02. The molecule has 0 bridgehead atoms. The summed E-state index contributed by atoms with van der Waals surface area (Å²) < 4.78 is 36.1. The lowest BCUT2D eigenvalue weighted by atomic mass is 9.80. The summed E-state index contributed by atoms with van der Waals surface area (Å²) >= 11 is 5.31. The molecule has 0 radical (unpaired) electrons. The average molecular weight is 195 g/mol. The minimum Gasteiger partial charge on any atom is -0.508 e. The monoisotopic (exact) mass is 195 g/mol. The van der Waals surface area contributed by atoms with Crippen LogP contribution >= 0.6 is 11.6 Å². The third-order valence-electron chi connectivity index (χ3n) is 1.28. The minimum absolute atomic E-state index is 0.121. The van der Waals surface area contributed by atoms with E-state index in [9.17, 15) is 12.9 Å². The van der Waals surface area contributed by atoms with Crippen molar-refractivity contribution in [2.45, 2.75) is 0 Å². The van der Waals surface area contributed by atoms with Gasteiger partial charge >= 0.3 is 6.98 Å². The maximum atomic E-state index is 12.0. The Morgan fingerprint density at radius 2 is 1.75 bits per heavy atom. The number of aromatic hydroxyl groups is 1. The zero-order chi connectivity index (χ0) is 9.35. The summed E-state index contributed by atoms with van der Waals surface area (Å²) in [6, 6.07) is 2.47. The molecule has 0 heterocycles. The lowest BCUT2D eigenvalue weighted by molar-refractivity contribution is 0.472. The number of phenols is 1. The summed E-state index contributed by atoms with van der Waals surface area (Å²) in [5.74, 6) is -0.475. The lowest BCUT2D eigenvalue weighted by Crippen LogP contribution is -2.33. The first-order chi connectivity index (χ1) is 5.39. The molecule has 0 aliphatic rings. The zero-order valence-electron chi connectivity index (χ0n) is 5.77. The lowest BCUT2D eigenvalue weighted by Gasteiger charge is -2.14. The van der Waals surface area contributed by atoms with Gasteiger partial charge in [0, 0.05) is 5.02 Å². The first-order valence-corrected chi connectivity index (χ1v) is 3.47. The molecule has 1 nitrogen and oxygen atoms in total. The minimum atomic E-state index is -5.09. The SMILES string of the molecule is Oc1cc(Cl)cc([B-](F)(F)F)c1. The first kappa shape index (κ1) is 9.25. The number of halogens is 4. The highest BCUT2D eigenvalue weighted by molar-refractivity contribution is 6.73. The van der Waals surface area contributed by atoms with Gasteiger partial charge in [0.1, 0.15) is 5.75 Å². The molecule has 0 spiro atoms. The van der Waals surface area contributed by atoms with Crippen molar-refractivity contribution in [1.82, 2.24) is 0 Å². The van der Waals surface area contributed by atoms with Crippen molar-refractivity contribution in [2.24, 2.45) is 0 Å². The quantitative estimate of drug-likeness (QED) is 0.680. The van der Waals surface area contributed by atoms with E-state index in [4.69, 9.17) is 16.7 Å². The van der Waals surface area contributed by atoms with Gasteiger partial charge in [-0.15, -0.1) is 5.46 Å². The van der Waals surface area contributed by atoms with Crippen LogP contribution in [0.2, 0.25) is 5.02 Å². The molecule has 0 unspecified atom stereocenters. The van der Waals surface area contributed by atoms with E-state index >= 15 is 0 Å². The van der Waals surface area contributed by atoms with Crippen LogP contribution in [0.5, 0.6) is 5.75 Å². The molecule has 0 saturated carbocycles. The van der Waals surface area contributed by atoms with E-state index in [0.717, 1.165) is 12.1 Å². The van der Waals surface area contributed by atoms with Crippen molar-refractivity contribution in [1.29, 1.82) is 0 Å². The standard InChI is InChI=1S/C6H4BClF3O/c8-5-1-4(7(9,10)11)2-6(12)3-5/h1-3,12H/q-1. The molecule has 0 fully saturated rings.